The lowest BCUT2D eigenvalue weighted by atomic mass is 10.1. The number of pyridine rings is 1. The van der Waals surface area contributed by atoms with Gasteiger partial charge in [-0.25, -0.2) is 0 Å². The van der Waals surface area contributed by atoms with Gasteiger partial charge in [-0.2, -0.15) is 5.26 Å². The van der Waals surface area contributed by atoms with Crippen LogP contribution in [-0.2, 0) is 0 Å². The standard InChI is InChI=1S/C30H17N3O/c31-18-19-15-16-32-24(17-19)22-8-2-5-11-26(22)33-25-10-4-1-7-20(25)21-13-14-28-29(30(21)33)23-9-3-6-12-27(23)34-28/h1-17H. The Labute approximate surface area is 194 Å². The highest BCUT2D eigenvalue weighted by atomic mass is 16.3. The molecule has 0 saturated carbocycles. The minimum absolute atomic E-state index is 0.588. The third-order valence-electron chi connectivity index (χ3n) is 6.48. The molecule has 4 aromatic carbocycles. The average molecular weight is 435 g/mol. The Morgan fingerprint density at radius 2 is 1.53 bits per heavy atom. The third-order valence-corrected chi connectivity index (χ3v) is 6.48. The van der Waals surface area contributed by atoms with Crippen LogP contribution in [-0.4, -0.2) is 9.55 Å². The minimum Gasteiger partial charge on any atom is -0.456 e. The van der Waals surface area contributed by atoms with Crippen LogP contribution in [0.1, 0.15) is 5.56 Å². The summed E-state index contributed by atoms with van der Waals surface area (Å²) >= 11 is 0. The molecule has 0 aliphatic carbocycles. The number of fused-ring (bicyclic) bond motifs is 7. The fraction of sp³-hybridized carbons (Fsp3) is 0. The zero-order chi connectivity index (χ0) is 22.6. The first kappa shape index (κ1) is 18.7. The highest BCUT2D eigenvalue weighted by molar-refractivity contribution is 6.24. The van der Waals surface area contributed by atoms with E-state index in [1.54, 1.807) is 12.3 Å². The van der Waals surface area contributed by atoms with E-state index >= 15 is 0 Å². The average Bonchev–Trinajstić information content (AvgIpc) is 3.44. The number of para-hydroxylation sites is 3. The van der Waals surface area contributed by atoms with Gasteiger partial charge in [0.2, 0.25) is 0 Å². The minimum atomic E-state index is 0.588. The molecule has 0 N–H and O–H groups in total. The van der Waals surface area contributed by atoms with Gasteiger partial charge in [0.1, 0.15) is 11.2 Å². The Morgan fingerprint density at radius 3 is 2.44 bits per heavy atom. The van der Waals surface area contributed by atoms with E-state index in [1.165, 1.54) is 10.8 Å². The van der Waals surface area contributed by atoms with Gasteiger partial charge in [0, 0.05) is 27.9 Å². The van der Waals surface area contributed by atoms with E-state index in [4.69, 9.17) is 4.42 Å². The Balaban J connectivity index is 1.69. The fourth-order valence-electron chi connectivity index (χ4n) is 5.05. The van der Waals surface area contributed by atoms with E-state index in [0.717, 1.165) is 49.9 Å². The molecule has 0 fully saturated rings. The van der Waals surface area contributed by atoms with Crippen molar-refractivity contribution >= 4 is 43.7 Å². The van der Waals surface area contributed by atoms with Crippen molar-refractivity contribution in [3.05, 3.63) is 109 Å². The van der Waals surface area contributed by atoms with Crippen molar-refractivity contribution in [1.29, 1.82) is 5.26 Å². The first-order valence-corrected chi connectivity index (χ1v) is 11.1. The Morgan fingerprint density at radius 1 is 0.735 bits per heavy atom. The Bertz CT molecular complexity index is 1930. The molecule has 158 valence electrons. The number of benzene rings is 4. The summed E-state index contributed by atoms with van der Waals surface area (Å²) in [4.78, 5) is 4.61. The molecule has 7 aromatic rings. The van der Waals surface area contributed by atoms with Crippen molar-refractivity contribution in [1.82, 2.24) is 9.55 Å². The molecule has 4 nitrogen and oxygen atoms in total. The van der Waals surface area contributed by atoms with Gasteiger partial charge in [-0.3, -0.25) is 4.98 Å². The molecule has 0 bridgehead atoms. The van der Waals surface area contributed by atoms with Crippen LogP contribution in [0, 0.1) is 11.3 Å². The summed E-state index contributed by atoms with van der Waals surface area (Å²) in [5.41, 5.74) is 7.28. The van der Waals surface area contributed by atoms with Crippen molar-refractivity contribution in [2.24, 2.45) is 0 Å². The molecule has 0 atom stereocenters. The lowest BCUT2D eigenvalue weighted by Gasteiger charge is -2.14. The molecule has 3 heterocycles. The molecule has 3 aromatic heterocycles. The van der Waals surface area contributed by atoms with Crippen LogP contribution in [0.25, 0.3) is 60.7 Å². The van der Waals surface area contributed by atoms with Gasteiger partial charge in [0.25, 0.3) is 0 Å². The monoisotopic (exact) mass is 435 g/mol. The van der Waals surface area contributed by atoms with E-state index in [9.17, 15) is 5.26 Å². The zero-order valence-corrected chi connectivity index (χ0v) is 18.1. The predicted octanol–water partition coefficient (Wildman–Crippen LogP) is 7.62. The van der Waals surface area contributed by atoms with Crippen LogP contribution >= 0.6 is 0 Å². The van der Waals surface area contributed by atoms with E-state index in [2.05, 4.69) is 70.2 Å². The van der Waals surface area contributed by atoms with Crippen molar-refractivity contribution in [3.8, 4) is 23.0 Å². The predicted molar refractivity (Wildman–Crippen MR) is 136 cm³/mol. The molecule has 0 aliphatic rings. The zero-order valence-electron chi connectivity index (χ0n) is 18.1. The highest BCUT2D eigenvalue weighted by Gasteiger charge is 2.20. The summed E-state index contributed by atoms with van der Waals surface area (Å²) in [7, 11) is 0. The van der Waals surface area contributed by atoms with Crippen LogP contribution in [0.2, 0.25) is 0 Å². The largest absolute Gasteiger partial charge is 0.456 e. The van der Waals surface area contributed by atoms with Crippen molar-refractivity contribution < 1.29 is 4.42 Å². The first-order chi connectivity index (χ1) is 16.8. The molecule has 7 rings (SSSR count). The summed E-state index contributed by atoms with van der Waals surface area (Å²) in [6.07, 6.45) is 1.69. The molecule has 0 aliphatic heterocycles. The van der Waals surface area contributed by atoms with Crippen molar-refractivity contribution in [3.63, 3.8) is 0 Å². The van der Waals surface area contributed by atoms with Gasteiger partial charge in [-0.05, 0) is 42.5 Å². The summed E-state index contributed by atoms with van der Waals surface area (Å²) in [5, 5.41) is 14.0. The maximum atomic E-state index is 9.45. The second-order valence-electron chi connectivity index (χ2n) is 8.34. The van der Waals surface area contributed by atoms with Gasteiger partial charge in [0.05, 0.1) is 39.4 Å². The number of aromatic nitrogens is 2. The lowest BCUT2D eigenvalue weighted by Crippen LogP contribution is -1.98. The third kappa shape index (κ3) is 2.55. The molecular weight excluding hydrogens is 418 g/mol. The summed E-state index contributed by atoms with van der Waals surface area (Å²) in [5.74, 6) is 0. The second-order valence-corrected chi connectivity index (χ2v) is 8.34. The Kier molecular flexibility index (Phi) is 3.88. The highest BCUT2D eigenvalue weighted by Crippen LogP contribution is 2.42. The quantitative estimate of drug-likeness (QED) is 0.281. The number of furan rings is 1. The van der Waals surface area contributed by atoms with Crippen LogP contribution in [0.4, 0.5) is 0 Å². The fourth-order valence-corrected chi connectivity index (χ4v) is 5.05. The first-order valence-electron chi connectivity index (χ1n) is 11.1. The van der Waals surface area contributed by atoms with E-state index < -0.39 is 0 Å². The molecule has 0 spiro atoms. The van der Waals surface area contributed by atoms with Crippen molar-refractivity contribution in [2.75, 3.05) is 0 Å². The van der Waals surface area contributed by atoms with E-state index in [-0.39, 0.29) is 0 Å². The van der Waals surface area contributed by atoms with E-state index in [0.29, 0.717) is 5.56 Å². The van der Waals surface area contributed by atoms with Crippen molar-refractivity contribution in [2.45, 2.75) is 0 Å². The van der Waals surface area contributed by atoms with Crippen LogP contribution in [0.5, 0.6) is 0 Å². The maximum absolute atomic E-state index is 9.45. The smallest absolute Gasteiger partial charge is 0.137 e. The van der Waals surface area contributed by atoms with Gasteiger partial charge >= 0.3 is 0 Å². The number of nitriles is 1. The molecule has 0 unspecified atom stereocenters. The number of rotatable bonds is 2. The summed E-state index contributed by atoms with van der Waals surface area (Å²) in [6.45, 7) is 0. The molecule has 4 heteroatoms. The van der Waals surface area contributed by atoms with Crippen LogP contribution in [0.3, 0.4) is 0 Å². The SMILES string of the molecule is N#Cc1ccnc(-c2ccccc2-n2c3ccccc3c3ccc4oc5ccccc5c4c32)c1. The molecule has 0 saturated heterocycles. The maximum Gasteiger partial charge on any atom is 0.137 e. The summed E-state index contributed by atoms with van der Waals surface area (Å²) < 4.78 is 8.54. The molecule has 0 radical (unpaired) electrons. The molecule has 0 amide bonds. The topological polar surface area (TPSA) is 54.8 Å². The van der Waals surface area contributed by atoms with Gasteiger partial charge in [-0.1, -0.05) is 54.6 Å². The van der Waals surface area contributed by atoms with Gasteiger partial charge in [-0.15, -0.1) is 0 Å². The van der Waals surface area contributed by atoms with Gasteiger partial charge in [0.15, 0.2) is 0 Å². The van der Waals surface area contributed by atoms with Gasteiger partial charge < -0.3 is 8.98 Å². The lowest BCUT2D eigenvalue weighted by molar-refractivity contribution is 0.669. The number of hydrogen-bond donors (Lipinski definition) is 0. The number of nitrogens with zero attached hydrogens (tertiary/aromatic N) is 3. The second kappa shape index (κ2) is 7.06. The Hall–Kier alpha value is -4.88. The normalized spacial score (nSPS) is 11.5. The van der Waals surface area contributed by atoms with Crippen LogP contribution in [0.15, 0.2) is 108 Å². The molecule has 34 heavy (non-hydrogen) atoms. The van der Waals surface area contributed by atoms with Crippen LogP contribution < -0.4 is 0 Å². The summed E-state index contributed by atoms with van der Waals surface area (Å²) in [6, 6.07) is 34.9. The number of hydrogen-bond acceptors (Lipinski definition) is 3. The molecular formula is C30H17N3O. The van der Waals surface area contributed by atoms with E-state index in [1.807, 2.05) is 36.4 Å².